The van der Waals surface area contributed by atoms with Gasteiger partial charge in [-0.2, -0.15) is 0 Å². The van der Waals surface area contributed by atoms with Crippen LogP contribution in [-0.2, 0) is 0 Å². The van der Waals surface area contributed by atoms with Crippen LogP contribution >= 0.6 is 0 Å². The van der Waals surface area contributed by atoms with Crippen LogP contribution in [0.1, 0.15) is 23.6 Å². The lowest BCUT2D eigenvalue weighted by Gasteiger charge is -2.28. The van der Waals surface area contributed by atoms with Crippen LogP contribution < -0.4 is 0 Å². The van der Waals surface area contributed by atoms with Crippen LogP contribution in [0.3, 0.4) is 0 Å². The van der Waals surface area contributed by atoms with Gasteiger partial charge >= 0.3 is 0 Å². The summed E-state index contributed by atoms with van der Waals surface area (Å²) < 4.78 is 0. The van der Waals surface area contributed by atoms with Crippen LogP contribution in [0, 0.1) is 0 Å². The molecule has 0 saturated heterocycles. The van der Waals surface area contributed by atoms with E-state index in [0.29, 0.717) is 5.54 Å². The van der Waals surface area contributed by atoms with Gasteiger partial charge in [-0.3, -0.25) is 0 Å². The minimum Gasteiger partial charge on any atom is -0.0688 e. The first-order valence-electron chi connectivity index (χ1n) is 7.35. The maximum Gasteiger partial charge on any atom is 0.0569 e. The number of benzene rings is 2. The zero-order valence-corrected chi connectivity index (χ0v) is 13.8. The molecule has 0 spiro atoms. The normalized spacial score (nSPS) is 17.8. The summed E-state index contributed by atoms with van der Waals surface area (Å²) in [6, 6.07) is 17.6. The van der Waals surface area contributed by atoms with E-state index >= 15 is 0 Å². The fourth-order valence-corrected chi connectivity index (χ4v) is 6.21. The van der Waals surface area contributed by atoms with Gasteiger partial charge in [-0.25, -0.2) is 0 Å². The van der Waals surface area contributed by atoms with Crippen LogP contribution in [0.15, 0.2) is 54.1 Å². The molecular weight excluding hydrogens is 256 g/mol. The third-order valence-electron chi connectivity index (χ3n) is 4.23. The topological polar surface area (TPSA) is 0 Å². The molecule has 2 aromatic rings. The lowest BCUT2D eigenvalue weighted by molar-refractivity contribution is 1.07. The molecule has 0 heterocycles. The molecule has 1 atom stereocenters. The Morgan fingerprint density at radius 3 is 2.20 bits per heavy atom. The molecule has 0 radical (unpaired) electrons. The number of hydrogen-bond donors (Lipinski definition) is 0. The molecule has 0 N–H and O–H groups in total. The zero-order chi connectivity index (χ0) is 14.3. The van der Waals surface area contributed by atoms with Crippen LogP contribution in [0.4, 0.5) is 0 Å². The van der Waals surface area contributed by atoms with Gasteiger partial charge in [-0.05, 0) is 29.2 Å². The summed E-state index contributed by atoms with van der Waals surface area (Å²) >= 11 is 0. The Hall–Kier alpha value is -1.60. The molecule has 20 heavy (non-hydrogen) atoms. The van der Waals surface area contributed by atoms with Crippen molar-refractivity contribution in [1.82, 2.24) is 0 Å². The van der Waals surface area contributed by atoms with E-state index in [9.17, 15) is 0 Å². The van der Waals surface area contributed by atoms with Gasteiger partial charge in [0.2, 0.25) is 0 Å². The summed E-state index contributed by atoms with van der Waals surface area (Å²) in [5.74, 6) is 0. The van der Waals surface area contributed by atoms with Gasteiger partial charge in [0.1, 0.15) is 0 Å². The maximum absolute atomic E-state index is 2.47. The van der Waals surface area contributed by atoms with Crippen molar-refractivity contribution in [3.8, 4) is 11.1 Å². The third kappa shape index (κ3) is 2.16. The Morgan fingerprint density at radius 1 is 0.850 bits per heavy atom. The molecule has 0 amide bonds. The molecule has 2 aromatic carbocycles. The highest BCUT2D eigenvalue weighted by Gasteiger charge is 2.34. The minimum atomic E-state index is -1.23. The molecule has 3 rings (SSSR count). The highest BCUT2D eigenvalue weighted by molar-refractivity contribution is 6.78. The van der Waals surface area contributed by atoms with E-state index in [2.05, 4.69) is 81.2 Å². The summed E-state index contributed by atoms with van der Waals surface area (Å²) in [6.45, 7) is 9.72. The van der Waals surface area contributed by atoms with Crippen molar-refractivity contribution in [1.29, 1.82) is 0 Å². The lowest BCUT2D eigenvalue weighted by atomic mass is 9.97. The molecule has 0 nitrogen and oxygen atoms in total. The molecule has 0 bridgehead atoms. The van der Waals surface area contributed by atoms with Crippen LogP contribution in [0.25, 0.3) is 17.2 Å². The van der Waals surface area contributed by atoms with Gasteiger partial charge in [-0.15, -0.1) is 0 Å². The molecule has 0 aliphatic heterocycles. The van der Waals surface area contributed by atoms with E-state index in [4.69, 9.17) is 0 Å². The van der Waals surface area contributed by atoms with Crippen LogP contribution in [0.2, 0.25) is 19.6 Å². The van der Waals surface area contributed by atoms with Gasteiger partial charge in [-0.1, -0.05) is 79.8 Å². The second kappa shape index (κ2) is 4.74. The number of rotatable bonds is 2. The predicted octanol–water partition coefficient (Wildman–Crippen LogP) is 5.73. The largest absolute Gasteiger partial charge is 0.0688 e. The molecule has 0 aromatic heterocycles. The van der Waals surface area contributed by atoms with Crippen LogP contribution in [-0.4, -0.2) is 8.07 Å². The Kier molecular flexibility index (Phi) is 3.18. The van der Waals surface area contributed by atoms with E-state index in [1.54, 1.807) is 11.1 Å². The van der Waals surface area contributed by atoms with Gasteiger partial charge in [0.05, 0.1) is 8.07 Å². The summed E-state index contributed by atoms with van der Waals surface area (Å²) in [5, 5.41) is 0. The summed E-state index contributed by atoms with van der Waals surface area (Å²) in [5.41, 5.74) is 7.91. The molecule has 102 valence electrons. The Balaban J connectivity index is 2.18. The van der Waals surface area contributed by atoms with Crippen molar-refractivity contribution in [2.24, 2.45) is 0 Å². The Bertz CT molecular complexity index is 660. The average molecular weight is 278 g/mol. The first-order chi connectivity index (χ1) is 9.48. The zero-order valence-electron chi connectivity index (χ0n) is 12.8. The molecule has 1 aliphatic rings. The molecule has 0 saturated carbocycles. The van der Waals surface area contributed by atoms with Crippen LogP contribution in [0.5, 0.6) is 0 Å². The highest BCUT2D eigenvalue weighted by Crippen LogP contribution is 2.45. The summed E-state index contributed by atoms with van der Waals surface area (Å²) in [7, 11) is -1.23. The smallest absolute Gasteiger partial charge is 0.0569 e. The van der Waals surface area contributed by atoms with E-state index in [-0.39, 0.29) is 0 Å². The Morgan fingerprint density at radius 2 is 1.55 bits per heavy atom. The van der Waals surface area contributed by atoms with Gasteiger partial charge in [0.25, 0.3) is 0 Å². The molecule has 1 aliphatic carbocycles. The molecular formula is C19H22Si. The SMILES string of the molecule is CC1=Cc2c(-c3ccccc3)cccc2C1[Si](C)(C)C. The van der Waals surface area contributed by atoms with E-state index in [1.807, 2.05) is 0 Å². The van der Waals surface area contributed by atoms with Crippen molar-refractivity contribution < 1.29 is 0 Å². The summed E-state index contributed by atoms with van der Waals surface area (Å²) in [6.07, 6.45) is 2.42. The number of hydrogen-bond acceptors (Lipinski definition) is 0. The monoisotopic (exact) mass is 278 g/mol. The Labute approximate surface area is 123 Å². The van der Waals surface area contributed by atoms with Gasteiger partial charge < -0.3 is 0 Å². The van der Waals surface area contributed by atoms with Crippen molar-refractivity contribution in [3.63, 3.8) is 0 Å². The third-order valence-corrected chi connectivity index (χ3v) is 6.73. The second-order valence-corrected chi connectivity index (χ2v) is 12.2. The molecule has 1 heteroatoms. The first-order valence-corrected chi connectivity index (χ1v) is 10.9. The van der Waals surface area contributed by atoms with Gasteiger partial charge in [0.15, 0.2) is 0 Å². The lowest BCUT2D eigenvalue weighted by Crippen LogP contribution is -2.30. The molecule has 0 fully saturated rings. The van der Waals surface area contributed by atoms with Crippen molar-refractivity contribution >= 4 is 14.1 Å². The quantitative estimate of drug-likeness (QED) is 0.615. The standard InChI is InChI=1S/C19H22Si/c1-14-13-18-16(15-9-6-5-7-10-15)11-8-12-17(18)19(14)20(2,3)4/h5-13,19H,1-4H3. The first kappa shape index (κ1) is 13.4. The van der Waals surface area contributed by atoms with Gasteiger partial charge in [0, 0.05) is 5.54 Å². The second-order valence-electron chi connectivity index (χ2n) is 6.86. The van der Waals surface area contributed by atoms with E-state index < -0.39 is 8.07 Å². The highest BCUT2D eigenvalue weighted by atomic mass is 28.3. The number of allylic oxidation sites excluding steroid dienone is 1. The minimum absolute atomic E-state index is 0.668. The van der Waals surface area contributed by atoms with E-state index in [1.165, 1.54) is 16.7 Å². The van der Waals surface area contributed by atoms with Crippen molar-refractivity contribution in [2.75, 3.05) is 0 Å². The van der Waals surface area contributed by atoms with E-state index in [0.717, 1.165) is 0 Å². The molecule has 1 unspecified atom stereocenters. The maximum atomic E-state index is 2.47. The predicted molar refractivity (Wildman–Crippen MR) is 91.6 cm³/mol. The summed E-state index contributed by atoms with van der Waals surface area (Å²) in [4.78, 5) is 0. The van der Waals surface area contributed by atoms with Crippen molar-refractivity contribution in [3.05, 3.63) is 65.2 Å². The fourth-order valence-electron chi connectivity index (χ4n) is 3.57. The number of fused-ring (bicyclic) bond motifs is 1. The average Bonchev–Trinajstić information content (AvgIpc) is 2.75. The fraction of sp³-hybridized carbons (Fsp3) is 0.263. The van der Waals surface area contributed by atoms with Crippen molar-refractivity contribution in [2.45, 2.75) is 32.1 Å².